The molecule has 0 aromatic carbocycles. The summed E-state index contributed by atoms with van der Waals surface area (Å²) in [6, 6.07) is 0. The highest BCUT2D eigenvalue weighted by molar-refractivity contribution is 5.00. The van der Waals surface area contributed by atoms with Crippen LogP contribution in [-0.2, 0) is 0 Å². The Balaban J connectivity index is 2.72. The van der Waals surface area contributed by atoms with Gasteiger partial charge < -0.3 is 10.2 Å². The molecule has 2 heteroatoms. The Labute approximate surface area is 67.6 Å². The van der Waals surface area contributed by atoms with Crippen molar-refractivity contribution in [3.05, 3.63) is 12.2 Å². The molecule has 1 atom stereocenters. The predicted octanol–water partition coefficient (Wildman–Crippen LogP) is 0.944. The number of hydrogen-bond donors (Lipinski definition) is 2. The lowest BCUT2D eigenvalue weighted by Gasteiger charge is -2.37. The normalized spacial score (nSPS) is 28.8. The highest BCUT2D eigenvalue weighted by Crippen LogP contribution is 2.36. The molecule has 1 rings (SSSR count). The molecule has 0 spiro atoms. The molecule has 0 aliphatic heterocycles. The third kappa shape index (κ3) is 1.47. The van der Waals surface area contributed by atoms with Gasteiger partial charge in [-0.1, -0.05) is 19.1 Å². The van der Waals surface area contributed by atoms with Crippen LogP contribution in [0.1, 0.15) is 19.8 Å². The summed E-state index contributed by atoms with van der Waals surface area (Å²) in [4.78, 5) is 0. The number of allylic oxidation sites excluding steroid dienone is 2. The van der Waals surface area contributed by atoms with Crippen LogP contribution in [0.4, 0.5) is 0 Å². The summed E-state index contributed by atoms with van der Waals surface area (Å²) in [6.07, 6.45) is 5.95. The van der Waals surface area contributed by atoms with E-state index in [4.69, 9.17) is 10.2 Å². The average Bonchev–Trinajstić information content (AvgIpc) is 2.06. The molecular formula is C9H16O2. The SMILES string of the molecule is C[C@@H]1CC=CCC1(CO)CO. The van der Waals surface area contributed by atoms with Crippen LogP contribution in [0.3, 0.4) is 0 Å². The quantitative estimate of drug-likeness (QED) is 0.584. The minimum absolute atomic E-state index is 0.0923. The van der Waals surface area contributed by atoms with E-state index in [2.05, 4.69) is 13.0 Å². The average molecular weight is 156 g/mol. The first-order valence-electron chi connectivity index (χ1n) is 4.12. The Kier molecular flexibility index (Phi) is 2.68. The lowest BCUT2D eigenvalue weighted by molar-refractivity contribution is 0.00909. The summed E-state index contributed by atoms with van der Waals surface area (Å²) in [7, 11) is 0. The van der Waals surface area contributed by atoms with Gasteiger partial charge in [0.1, 0.15) is 0 Å². The topological polar surface area (TPSA) is 40.5 Å². The molecule has 0 radical (unpaired) electrons. The molecule has 0 aromatic heterocycles. The van der Waals surface area contributed by atoms with Gasteiger partial charge in [-0.15, -0.1) is 0 Å². The zero-order valence-corrected chi connectivity index (χ0v) is 6.95. The van der Waals surface area contributed by atoms with Gasteiger partial charge in [0.15, 0.2) is 0 Å². The highest BCUT2D eigenvalue weighted by Gasteiger charge is 2.34. The van der Waals surface area contributed by atoms with Crippen LogP contribution in [0, 0.1) is 11.3 Å². The third-order valence-corrected chi connectivity index (χ3v) is 2.86. The molecule has 2 N–H and O–H groups in total. The fourth-order valence-corrected chi connectivity index (χ4v) is 1.56. The van der Waals surface area contributed by atoms with Gasteiger partial charge in [0.25, 0.3) is 0 Å². The Hall–Kier alpha value is -0.340. The van der Waals surface area contributed by atoms with Gasteiger partial charge in [0, 0.05) is 5.41 Å². The monoisotopic (exact) mass is 156 g/mol. The standard InChI is InChI=1S/C9H16O2/c1-8-4-2-3-5-9(8,6-10)7-11/h2-3,8,10-11H,4-7H2,1H3/t8-/m1/s1. The van der Waals surface area contributed by atoms with Crippen molar-refractivity contribution in [3.63, 3.8) is 0 Å². The van der Waals surface area contributed by atoms with Crippen molar-refractivity contribution in [3.8, 4) is 0 Å². The van der Waals surface area contributed by atoms with Gasteiger partial charge in [-0.05, 0) is 18.8 Å². The van der Waals surface area contributed by atoms with Gasteiger partial charge in [0.05, 0.1) is 13.2 Å². The second-order valence-electron chi connectivity index (χ2n) is 3.49. The smallest absolute Gasteiger partial charge is 0.0515 e. The lowest BCUT2D eigenvalue weighted by atomic mass is 9.71. The van der Waals surface area contributed by atoms with Crippen molar-refractivity contribution in [1.29, 1.82) is 0 Å². The van der Waals surface area contributed by atoms with E-state index in [0.717, 1.165) is 12.8 Å². The Morgan fingerprint density at radius 1 is 1.36 bits per heavy atom. The van der Waals surface area contributed by atoms with E-state index in [1.54, 1.807) is 0 Å². The summed E-state index contributed by atoms with van der Waals surface area (Å²) in [6.45, 7) is 2.26. The molecule has 0 heterocycles. The minimum Gasteiger partial charge on any atom is -0.396 e. The second kappa shape index (κ2) is 3.37. The van der Waals surface area contributed by atoms with E-state index in [9.17, 15) is 0 Å². The van der Waals surface area contributed by atoms with Crippen LogP contribution < -0.4 is 0 Å². The zero-order chi connectivity index (χ0) is 8.32. The molecule has 0 bridgehead atoms. The van der Waals surface area contributed by atoms with Gasteiger partial charge in [0.2, 0.25) is 0 Å². The fourth-order valence-electron chi connectivity index (χ4n) is 1.56. The van der Waals surface area contributed by atoms with Gasteiger partial charge in [-0.2, -0.15) is 0 Å². The van der Waals surface area contributed by atoms with Crippen LogP contribution in [0.15, 0.2) is 12.2 Å². The van der Waals surface area contributed by atoms with Crippen molar-refractivity contribution in [2.24, 2.45) is 11.3 Å². The van der Waals surface area contributed by atoms with E-state index in [0.29, 0.717) is 5.92 Å². The van der Waals surface area contributed by atoms with Crippen molar-refractivity contribution < 1.29 is 10.2 Å². The maximum absolute atomic E-state index is 9.12. The largest absolute Gasteiger partial charge is 0.396 e. The predicted molar refractivity (Wildman–Crippen MR) is 44.1 cm³/mol. The number of aliphatic hydroxyl groups is 2. The first-order valence-corrected chi connectivity index (χ1v) is 4.12. The molecule has 64 valence electrons. The first kappa shape index (κ1) is 8.75. The maximum Gasteiger partial charge on any atom is 0.0515 e. The molecule has 11 heavy (non-hydrogen) atoms. The van der Waals surface area contributed by atoms with Crippen LogP contribution in [0.2, 0.25) is 0 Å². The molecular weight excluding hydrogens is 140 g/mol. The minimum atomic E-state index is -0.255. The summed E-state index contributed by atoms with van der Waals surface area (Å²) >= 11 is 0. The summed E-state index contributed by atoms with van der Waals surface area (Å²) in [5.74, 6) is 0.391. The number of hydrogen-bond acceptors (Lipinski definition) is 2. The van der Waals surface area contributed by atoms with Crippen molar-refractivity contribution in [2.75, 3.05) is 13.2 Å². The Morgan fingerprint density at radius 3 is 2.36 bits per heavy atom. The van der Waals surface area contributed by atoms with Crippen molar-refractivity contribution in [2.45, 2.75) is 19.8 Å². The van der Waals surface area contributed by atoms with E-state index in [1.807, 2.05) is 6.08 Å². The van der Waals surface area contributed by atoms with Crippen molar-refractivity contribution >= 4 is 0 Å². The Morgan fingerprint density at radius 2 is 2.00 bits per heavy atom. The molecule has 0 aromatic rings. The summed E-state index contributed by atoms with van der Waals surface area (Å²) < 4.78 is 0. The van der Waals surface area contributed by atoms with Gasteiger partial charge in [-0.3, -0.25) is 0 Å². The van der Waals surface area contributed by atoms with E-state index in [-0.39, 0.29) is 18.6 Å². The van der Waals surface area contributed by atoms with E-state index >= 15 is 0 Å². The lowest BCUT2D eigenvalue weighted by Crippen LogP contribution is -2.37. The molecule has 1 aliphatic carbocycles. The molecule has 0 saturated heterocycles. The van der Waals surface area contributed by atoms with Gasteiger partial charge >= 0.3 is 0 Å². The third-order valence-electron chi connectivity index (χ3n) is 2.86. The van der Waals surface area contributed by atoms with E-state index < -0.39 is 0 Å². The van der Waals surface area contributed by atoms with Crippen LogP contribution in [-0.4, -0.2) is 23.4 Å². The number of rotatable bonds is 2. The molecule has 2 nitrogen and oxygen atoms in total. The summed E-state index contributed by atoms with van der Waals surface area (Å²) in [5.41, 5.74) is -0.255. The van der Waals surface area contributed by atoms with Crippen LogP contribution >= 0.6 is 0 Å². The molecule has 1 aliphatic rings. The maximum atomic E-state index is 9.12. The highest BCUT2D eigenvalue weighted by atomic mass is 16.3. The molecule has 0 unspecified atom stereocenters. The van der Waals surface area contributed by atoms with Gasteiger partial charge in [-0.25, -0.2) is 0 Å². The second-order valence-corrected chi connectivity index (χ2v) is 3.49. The van der Waals surface area contributed by atoms with Crippen molar-refractivity contribution in [1.82, 2.24) is 0 Å². The van der Waals surface area contributed by atoms with Crippen LogP contribution in [0.25, 0.3) is 0 Å². The molecule has 0 amide bonds. The summed E-state index contributed by atoms with van der Waals surface area (Å²) in [5, 5.41) is 18.2. The van der Waals surface area contributed by atoms with E-state index in [1.165, 1.54) is 0 Å². The molecule has 0 saturated carbocycles. The molecule has 0 fully saturated rings. The number of aliphatic hydroxyl groups excluding tert-OH is 2. The first-order chi connectivity index (χ1) is 5.25. The zero-order valence-electron chi connectivity index (χ0n) is 6.95. The fraction of sp³-hybridized carbons (Fsp3) is 0.778. The van der Waals surface area contributed by atoms with Crippen LogP contribution in [0.5, 0.6) is 0 Å². The Bertz CT molecular complexity index is 148.